The summed E-state index contributed by atoms with van der Waals surface area (Å²) in [5, 5.41) is -0.000372. The van der Waals surface area contributed by atoms with E-state index >= 15 is 0 Å². The van der Waals surface area contributed by atoms with E-state index in [2.05, 4.69) is 0 Å². The molecule has 0 bridgehead atoms. The van der Waals surface area contributed by atoms with E-state index in [4.69, 9.17) is 21.8 Å². The van der Waals surface area contributed by atoms with E-state index in [0.29, 0.717) is 16.8 Å². The Balaban J connectivity index is 1.44. The van der Waals surface area contributed by atoms with Crippen LogP contribution in [0.2, 0.25) is 0 Å². The fourth-order valence-electron chi connectivity index (χ4n) is 6.60. The van der Waals surface area contributed by atoms with Gasteiger partial charge in [-0.25, -0.2) is 4.98 Å². The molecule has 0 saturated carbocycles. The first-order valence-electron chi connectivity index (χ1n) is 21.0. The van der Waals surface area contributed by atoms with Crippen molar-refractivity contribution in [3.8, 4) is 45.5 Å². The smallest absolute Gasteiger partial charge is 0.238 e. The van der Waals surface area contributed by atoms with E-state index in [0.717, 1.165) is 11.1 Å². The average Bonchev–Trinajstić information content (AvgIpc) is 3.84. The second-order valence-corrected chi connectivity index (χ2v) is 11.7. The maximum absolute atomic E-state index is 9.57. The quantitative estimate of drug-likeness (QED) is 0.186. The van der Waals surface area contributed by atoms with Gasteiger partial charge in [-0.05, 0) is 35.3 Å². The summed E-state index contributed by atoms with van der Waals surface area (Å²) in [6.45, 7) is 0. The number of aromatic nitrogens is 5. The summed E-state index contributed by atoms with van der Waals surface area (Å²) in [5.74, 6) is 0.442. The molecule has 0 N–H and O–H groups in total. The van der Waals surface area contributed by atoms with Crippen molar-refractivity contribution in [2.45, 2.75) is 0 Å². The Morgan fingerprint density at radius 3 is 1.42 bits per heavy atom. The zero-order valence-corrected chi connectivity index (χ0v) is 26.2. The van der Waals surface area contributed by atoms with Gasteiger partial charge >= 0.3 is 0 Å². The van der Waals surface area contributed by atoms with Crippen LogP contribution in [0.4, 0.5) is 0 Å². The summed E-state index contributed by atoms with van der Waals surface area (Å²) in [6.07, 6.45) is 0. The van der Waals surface area contributed by atoms with Crippen LogP contribution in [0.25, 0.3) is 89.2 Å². The molecule has 0 aliphatic rings. The molecule has 0 radical (unpaired) electrons. The number of fused-ring (bicyclic) bond motifs is 7. The topological polar surface area (TPSA) is 48.5 Å². The van der Waals surface area contributed by atoms with Crippen LogP contribution in [0.3, 0.4) is 0 Å². The second-order valence-electron chi connectivity index (χ2n) is 11.7. The number of para-hydroxylation sites is 3. The number of nitrogens with zero attached hydrogens (tertiary/aromatic N) is 5. The summed E-state index contributed by atoms with van der Waals surface area (Å²) in [4.78, 5) is 14.9. The van der Waals surface area contributed by atoms with Crippen molar-refractivity contribution in [3.05, 3.63) is 176 Å². The molecule has 50 heavy (non-hydrogen) atoms. The third kappa shape index (κ3) is 4.45. The Labute approximate surface area is 302 Å². The van der Waals surface area contributed by atoms with Gasteiger partial charge in [0.05, 0.1) is 35.8 Å². The van der Waals surface area contributed by atoms with E-state index in [1.54, 1.807) is 34.9 Å². The van der Waals surface area contributed by atoms with Gasteiger partial charge < -0.3 is 4.57 Å². The molecule has 0 saturated heterocycles. The molecule has 10 rings (SSSR count). The van der Waals surface area contributed by atoms with Crippen molar-refractivity contribution < 1.29 is 13.7 Å². The first-order chi connectivity index (χ1) is 29.0. The molecule has 0 spiro atoms. The Morgan fingerprint density at radius 1 is 0.380 bits per heavy atom. The number of benzene rings is 7. The van der Waals surface area contributed by atoms with E-state index in [1.807, 2.05) is 84.9 Å². The molecule has 0 aliphatic carbocycles. The maximum Gasteiger partial charge on any atom is 0.238 e. The van der Waals surface area contributed by atoms with Crippen LogP contribution in [-0.2, 0) is 0 Å². The largest absolute Gasteiger partial charge is 0.307 e. The molecule has 10 aromatic rings. The molecule has 0 atom stereocenters. The predicted octanol–water partition coefficient (Wildman–Crippen LogP) is 11.1. The lowest BCUT2D eigenvalue weighted by atomic mass is 10.0. The van der Waals surface area contributed by atoms with Gasteiger partial charge in [-0.1, -0.05) is 151 Å². The molecule has 0 fully saturated rings. The van der Waals surface area contributed by atoms with Crippen LogP contribution in [0.15, 0.2) is 176 Å². The molecule has 3 aromatic heterocycles. The SMILES string of the molecule is [2H]c1c([2H])c([2H])c2c(c1[2H])c1c([2H])c([2H])c3c4c([2H])c([2H])c([2H])c([2H])c4n(-c4nc(-c5ccccc5)nc(-c5ccc(-c6ccccc6)cc5)n4)c3c1n2-c1ccccc1. The molecule has 5 heteroatoms. The lowest BCUT2D eigenvalue weighted by molar-refractivity contribution is 0.953. The molecule has 234 valence electrons. The van der Waals surface area contributed by atoms with Crippen LogP contribution >= 0.6 is 0 Å². The zero-order valence-electron chi connectivity index (χ0n) is 36.2. The highest BCUT2D eigenvalue weighted by molar-refractivity contribution is 6.23. The first kappa shape index (κ1) is 19.8. The molecule has 3 heterocycles. The Morgan fingerprint density at radius 2 is 0.820 bits per heavy atom. The molecule has 0 amide bonds. The third-order valence-electron chi connectivity index (χ3n) is 8.86. The minimum absolute atomic E-state index is 0.000166. The Bertz CT molecular complexity index is 3410. The summed E-state index contributed by atoms with van der Waals surface area (Å²) >= 11 is 0. The van der Waals surface area contributed by atoms with Gasteiger partial charge in [-0.15, -0.1) is 0 Å². The monoisotopic (exact) mass is 649 g/mol. The van der Waals surface area contributed by atoms with Gasteiger partial charge in [-0.3, -0.25) is 4.57 Å². The van der Waals surface area contributed by atoms with Crippen LogP contribution in [0, 0.1) is 0 Å². The third-order valence-corrected chi connectivity index (χ3v) is 8.86. The van der Waals surface area contributed by atoms with Crippen molar-refractivity contribution >= 4 is 43.6 Å². The van der Waals surface area contributed by atoms with Gasteiger partial charge in [-0.2, -0.15) is 9.97 Å². The van der Waals surface area contributed by atoms with E-state index < -0.39 is 48.3 Å². The van der Waals surface area contributed by atoms with Crippen LogP contribution in [0.1, 0.15) is 13.7 Å². The average molecular weight is 650 g/mol. The fraction of sp³-hybridized carbons (Fsp3) is 0. The van der Waals surface area contributed by atoms with E-state index in [9.17, 15) is 6.85 Å². The Hall–Kier alpha value is -6.85. The lowest BCUT2D eigenvalue weighted by Gasteiger charge is -2.13. The minimum atomic E-state index is -0.541. The molecular formula is C45H29N5. The summed E-state index contributed by atoms with van der Waals surface area (Å²) < 4.78 is 93.9. The lowest BCUT2D eigenvalue weighted by Crippen LogP contribution is -2.07. The van der Waals surface area contributed by atoms with Gasteiger partial charge in [0, 0.05) is 38.4 Å². The van der Waals surface area contributed by atoms with Crippen LogP contribution in [-0.4, -0.2) is 24.1 Å². The number of rotatable bonds is 5. The van der Waals surface area contributed by atoms with Gasteiger partial charge in [0.1, 0.15) is 0 Å². The predicted molar refractivity (Wildman–Crippen MR) is 205 cm³/mol. The molecule has 0 aliphatic heterocycles. The maximum atomic E-state index is 9.57. The summed E-state index contributed by atoms with van der Waals surface area (Å²) in [7, 11) is 0. The van der Waals surface area contributed by atoms with Crippen molar-refractivity contribution in [1.82, 2.24) is 24.1 Å². The number of hydrogen-bond acceptors (Lipinski definition) is 3. The minimum Gasteiger partial charge on any atom is -0.307 e. The highest BCUT2D eigenvalue weighted by Crippen LogP contribution is 2.41. The molecule has 5 nitrogen and oxygen atoms in total. The van der Waals surface area contributed by atoms with Crippen molar-refractivity contribution in [2.24, 2.45) is 0 Å². The molecular weight excluding hydrogens is 611 g/mol. The van der Waals surface area contributed by atoms with Crippen molar-refractivity contribution in [3.63, 3.8) is 0 Å². The second kappa shape index (κ2) is 11.4. The first-order valence-corrected chi connectivity index (χ1v) is 16.0. The molecule has 7 aromatic carbocycles. The standard InChI is InChI=1S/C45H29N5/c1-4-14-30(15-5-1)31-24-26-33(27-25-31)44-46-43(32-16-6-2-7-17-32)47-45(48-44)50-40-23-13-11-21-36(40)38-29-28-37-35-20-10-12-22-39(35)49(41(37)42(38)50)34-18-8-3-9-19-34/h1-29H/i10D,11D,12D,13D,20D,21D,22D,23D,28D,29D. The zero-order chi connectivity index (χ0) is 41.7. The summed E-state index contributed by atoms with van der Waals surface area (Å²) in [5.41, 5.74) is 3.99. The Kier molecular flexibility index (Phi) is 4.52. The van der Waals surface area contributed by atoms with Crippen molar-refractivity contribution in [2.75, 3.05) is 0 Å². The highest BCUT2D eigenvalue weighted by atomic mass is 15.2. The van der Waals surface area contributed by atoms with Gasteiger partial charge in [0.25, 0.3) is 0 Å². The van der Waals surface area contributed by atoms with Crippen LogP contribution < -0.4 is 0 Å². The highest BCUT2D eigenvalue weighted by Gasteiger charge is 2.23. The van der Waals surface area contributed by atoms with Crippen molar-refractivity contribution in [1.29, 1.82) is 0 Å². The van der Waals surface area contributed by atoms with E-state index in [-0.39, 0.29) is 73.3 Å². The summed E-state index contributed by atoms with van der Waals surface area (Å²) in [6, 6.07) is 31.1. The van der Waals surface area contributed by atoms with Gasteiger partial charge in [0.2, 0.25) is 5.95 Å². The van der Waals surface area contributed by atoms with E-state index in [1.165, 1.54) is 4.57 Å². The van der Waals surface area contributed by atoms with Crippen LogP contribution in [0.5, 0.6) is 0 Å². The normalized spacial score (nSPS) is 14.4. The fourth-order valence-corrected chi connectivity index (χ4v) is 6.60. The molecule has 0 unspecified atom stereocenters. The van der Waals surface area contributed by atoms with Gasteiger partial charge in [0.15, 0.2) is 11.6 Å². The number of hydrogen-bond donors (Lipinski definition) is 0.